The van der Waals surface area contributed by atoms with Crippen LogP contribution in [-0.2, 0) is 6.42 Å². The fourth-order valence-electron chi connectivity index (χ4n) is 2.57. The second-order valence-corrected chi connectivity index (χ2v) is 5.63. The predicted molar refractivity (Wildman–Crippen MR) is 91.1 cm³/mol. The van der Waals surface area contributed by atoms with E-state index in [4.69, 9.17) is 26.8 Å². The van der Waals surface area contributed by atoms with Crippen molar-refractivity contribution in [2.75, 3.05) is 20.3 Å². The Labute approximate surface area is 141 Å². The molecule has 1 unspecified atom stereocenters. The van der Waals surface area contributed by atoms with Gasteiger partial charge in [0.2, 0.25) is 0 Å². The lowest BCUT2D eigenvalue weighted by molar-refractivity contribution is 0.333. The van der Waals surface area contributed by atoms with Crippen LogP contribution in [0.1, 0.15) is 24.0 Å². The van der Waals surface area contributed by atoms with Crippen molar-refractivity contribution in [3.05, 3.63) is 58.4 Å². The molecule has 0 aromatic heterocycles. The maximum absolute atomic E-state index is 13.7. The molecule has 5 heteroatoms. The predicted octanol–water partition coefficient (Wildman–Crippen LogP) is 4.17. The molecule has 2 N–H and O–H groups in total. The van der Waals surface area contributed by atoms with Crippen molar-refractivity contribution in [3.8, 4) is 11.5 Å². The van der Waals surface area contributed by atoms with Crippen molar-refractivity contribution in [3.63, 3.8) is 0 Å². The molecule has 0 aliphatic carbocycles. The first-order valence-electron chi connectivity index (χ1n) is 7.53. The van der Waals surface area contributed by atoms with Crippen LogP contribution in [0.25, 0.3) is 0 Å². The highest BCUT2D eigenvalue weighted by atomic mass is 35.5. The standard InChI is InChI=1S/C18H21ClFNO2/c1-3-23-17-7-5-14(20)10-15(17)13(11-21)8-12-4-6-18(22-2)16(19)9-12/h4-7,9-10,13H,3,8,11,21H2,1-2H3. The topological polar surface area (TPSA) is 44.5 Å². The summed E-state index contributed by atoms with van der Waals surface area (Å²) < 4.78 is 24.4. The second kappa shape index (κ2) is 8.18. The fraction of sp³-hybridized carbons (Fsp3) is 0.333. The third kappa shape index (κ3) is 4.36. The van der Waals surface area contributed by atoms with E-state index in [2.05, 4.69) is 0 Å². The van der Waals surface area contributed by atoms with E-state index in [1.165, 1.54) is 12.1 Å². The fourth-order valence-corrected chi connectivity index (χ4v) is 2.85. The van der Waals surface area contributed by atoms with Gasteiger partial charge in [-0.1, -0.05) is 17.7 Å². The molecule has 0 bridgehead atoms. The first-order valence-corrected chi connectivity index (χ1v) is 7.91. The minimum atomic E-state index is -0.297. The van der Waals surface area contributed by atoms with Crippen LogP contribution in [0.3, 0.4) is 0 Å². The molecule has 0 radical (unpaired) electrons. The lowest BCUT2D eigenvalue weighted by Crippen LogP contribution is -2.16. The summed E-state index contributed by atoms with van der Waals surface area (Å²) in [6.07, 6.45) is 0.643. The van der Waals surface area contributed by atoms with Crippen LogP contribution >= 0.6 is 11.6 Å². The van der Waals surface area contributed by atoms with Gasteiger partial charge < -0.3 is 15.2 Å². The van der Waals surface area contributed by atoms with Crippen LogP contribution in [0.5, 0.6) is 11.5 Å². The maximum atomic E-state index is 13.7. The van der Waals surface area contributed by atoms with Gasteiger partial charge in [-0.25, -0.2) is 4.39 Å². The zero-order valence-corrected chi connectivity index (χ0v) is 14.1. The second-order valence-electron chi connectivity index (χ2n) is 5.22. The van der Waals surface area contributed by atoms with E-state index >= 15 is 0 Å². The Balaban J connectivity index is 2.29. The normalized spacial score (nSPS) is 12.0. The van der Waals surface area contributed by atoms with Gasteiger partial charge in [0.1, 0.15) is 17.3 Å². The molecule has 23 heavy (non-hydrogen) atoms. The van der Waals surface area contributed by atoms with Gasteiger partial charge in [-0.05, 0) is 55.8 Å². The molecule has 0 aliphatic rings. The Morgan fingerprint density at radius 1 is 1.17 bits per heavy atom. The van der Waals surface area contributed by atoms with Gasteiger partial charge in [0.05, 0.1) is 18.7 Å². The van der Waals surface area contributed by atoms with Gasteiger partial charge in [-0.2, -0.15) is 0 Å². The van der Waals surface area contributed by atoms with Gasteiger partial charge >= 0.3 is 0 Å². The number of hydrogen-bond acceptors (Lipinski definition) is 3. The van der Waals surface area contributed by atoms with Gasteiger partial charge in [0.15, 0.2) is 0 Å². The van der Waals surface area contributed by atoms with Crippen molar-refractivity contribution in [1.82, 2.24) is 0 Å². The van der Waals surface area contributed by atoms with Crippen molar-refractivity contribution >= 4 is 11.6 Å². The average molecular weight is 338 g/mol. The zero-order valence-electron chi connectivity index (χ0n) is 13.3. The lowest BCUT2D eigenvalue weighted by atomic mass is 9.91. The molecule has 1 atom stereocenters. The molecular weight excluding hydrogens is 317 g/mol. The van der Waals surface area contributed by atoms with Crippen molar-refractivity contribution in [1.29, 1.82) is 0 Å². The summed E-state index contributed by atoms with van der Waals surface area (Å²) in [5.41, 5.74) is 7.72. The van der Waals surface area contributed by atoms with E-state index in [0.717, 1.165) is 11.1 Å². The summed E-state index contributed by atoms with van der Waals surface area (Å²) in [6.45, 7) is 2.80. The van der Waals surface area contributed by atoms with Gasteiger partial charge in [0.25, 0.3) is 0 Å². The van der Waals surface area contributed by atoms with Gasteiger partial charge in [0, 0.05) is 11.5 Å². The quantitative estimate of drug-likeness (QED) is 0.824. The van der Waals surface area contributed by atoms with E-state index in [1.807, 2.05) is 25.1 Å². The zero-order chi connectivity index (χ0) is 16.8. The van der Waals surface area contributed by atoms with E-state index in [0.29, 0.717) is 36.1 Å². The number of methoxy groups -OCH3 is 1. The third-order valence-corrected chi connectivity index (χ3v) is 3.99. The van der Waals surface area contributed by atoms with Crippen molar-refractivity contribution in [2.24, 2.45) is 5.73 Å². The first-order chi connectivity index (χ1) is 11.1. The highest BCUT2D eigenvalue weighted by molar-refractivity contribution is 6.32. The molecule has 0 heterocycles. The minimum absolute atomic E-state index is 0.0586. The van der Waals surface area contributed by atoms with Crippen LogP contribution in [0.2, 0.25) is 5.02 Å². The van der Waals surface area contributed by atoms with Gasteiger partial charge in [-0.15, -0.1) is 0 Å². The highest BCUT2D eigenvalue weighted by Crippen LogP contribution is 2.32. The Kier molecular flexibility index (Phi) is 6.25. The molecule has 0 saturated carbocycles. The Hall–Kier alpha value is -1.78. The third-order valence-electron chi connectivity index (χ3n) is 3.69. The van der Waals surface area contributed by atoms with Crippen LogP contribution in [-0.4, -0.2) is 20.3 Å². The number of benzene rings is 2. The molecule has 2 rings (SSSR count). The molecule has 0 aliphatic heterocycles. The largest absolute Gasteiger partial charge is 0.495 e. The summed E-state index contributed by atoms with van der Waals surface area (Å²) in [5.74, 6) is 0.941. The molecular formula is C18H21ClFNO2. The number of nitrogens with two attached hydrogens (primary N) is 1. The molecule has 0 amide bonds. The smallest absolute Gasteiger partial charge is 0.137 e. The minimum Gasteiger partial charge on any atom is -0.495 e. The summed E-state index contributed by atoms with van der Waals surface area (Å²) >= 11 is 6.17. The Morgan fingerprint density at radius 2 is 1.91 bits per heavy atom. The molecule has 2 aromatic carbocycles. The van der Waals surface area contributed by atoms with E-state index < -0.39 is 0 Å². The molecule has 0 spiro atoms. The summed E-state index contributed by atoms with van der Waals surface area (Å²) in [7, 11) is 1.57. The van der Waals surface area contributed by atoms with Crippen molar-refractivity contribution in [2.45, 2.75) is 19.3 Å². The van der Waals surface area contributed by atoms with E-state index in [9.17, 15) is 4.39 Å². The van der Waals surface area contributed by atoms with Crippen LogP contribution in [0.15, 0.2) is 36.4 Å². The lowest BCUT2D eigenvalue weighted by Gasteiger charge is -2.19. The van der Waals surface area contributed by atoms with Gasteiger partial charge in [-0.3, -0.25) is 0 Å². The monoisotopic (exact) mass is 337 g/mol. The molecule has 0 fully saturated rings. The molecule has 0 saturated heterocycles. The summed E-state index contributed by atoms with van der Waals surface area (Å²) in [6, 6.07) is 10.1. The Bertz CT molecular complexity index is 663. The van der Waals surface area contributed by atoms with E-state index in [-0.39, 0.29) is 11.7 Å². The summed E-state index contributed by atoms with van der Waals surface area (Å²) in [5, 5.41) is 0.546. The summed E-state index contributed by atoms with van der Waals surface area (Å²) in [4.78, 5) is 0. The van der Waals surface area contributed by atoms with Crippen LogP contribution < -0.4 is 15.2 Å². The SMILES string of the molecule is CCOc1ccc(F)cc1C(CN)Cc1ccc(OC)c(Cl)c1. The van der Waals surface area contributed by atoms with Crippen LogP contribution in [0, 0.1) is 5.82 Å². The number of ether oxygens (including phenoxy) is 2. The highest BCUT2D eigenvalue weighted by Gasteiger charge is 2.17. The van der Waals surface area contributed by atoms with Crippen LogP contribution in [0.4, 0.5) is 4.39 Å². The number of halogens is 2. The molecule has 3 nitrogen and oxygen atoms in total. The Morgan fingerprint density at radius 3 is 2.52 bits per heavy atom. The van der Waals surface area contributed by atoms with E-state index in [1.54, 1.807) is 13.2 Å². The number of hydrogen-bond donors (Lipinski definition) is 1. The first kappa shape index (κ1) is 17.6. The molecule has 124 valence electrons. The number of rotatable bonds is 7. The maximum Gasteiger partial charge on any atom is 0.137 e. The van der Waals surface area contributed by atoms with Crippen molar-refractivity contribution < 1.29 is 13.9 Å². The average Bonchev–Trinajstić information content (AvgIpc) is 2.55. The molecule has 2 aromatic rings.